The Morgan fingerprint density at radius 1 is 0.457 bits per heavy atom. The van der Waals surface area contributed by atoms with Crippen LogP contribution >= 0.6 is 63.7 Å². The largest absolute Gasteiger partial charge is 0.355 e. The second-order valence-corrected chi connectivity index (χ2v) is 10.9. The van der Waals surface area contributed by atoms with Gasteiger partial charge in [-0.15, -0.1) is 0 Å². The molecule has 0 unspecified atom stereocenters. The fourth-order valence-corrected chi connectivity index (χ4v) is 5.33. The Bertz CT molecular complexity index is 1420. The fraction of sp³-hybridized carbons (Fsp3) is 0. The van der Waals surface area contributed by atoms with Gasteiger partial charge in [0.25, 0.3) is 0 Å². The summed E-state index contributed by atoms with van der Waals surface area (Å²) in [6, 6.07) is 20.3. The summed E-state index contributed by atoms with van der Waals surface area (Å²) in [7, 11) is 0. The Hall–Kier alpha value is -1.64. The number of aromatic amines is 2. The second-order valence-electron chi connectivity index (χ2n) is 7.56. The van der Waals surface area contributed by atoms with Gasteiger partial charge in [-0.2, -0.15) is 0 Å². The molecule has 0 atom stereocenters. The van der Waals surface area contributed by atoms with Crippen molar-refractivity contribution in [3.8, 4) is 0 Å². The molecule has 170 valence electrons. The van der Waals surface area contributed by atoms with Crippen LogP contribution in [-0.2, 0) is 19.5 Å². The molecule has 0 radical (unpaired) electrons. The predicted octanol–water partition coefficient (Wildman–Crippen LogP) is 9.39. The summed E-state index contributed by atoms with van der Waals surface area (Å²) in [6.07, 6.45) is 8.09. The molecule has 5 heterocycles. The number of fused-ring (bicyclic) bond motifs is 8. The first-order valence-electron chi connectivity index (χ1n) is 10.3. The number of aromatic nitrogens is 4. The van der Waals surface area contributed by atoms with Crippen LogP contribution in [0, 0.1) is 0 Å². The summed E-state index contributed by atoms with van der Waals surface area (Å²) in [5.41, 5.74) is 7.86. The van der Waals surface area contributed by atoms with Gasteiger partial charge in [0.15, 0.2) is 0 Å². The molecule has 8 bridgehead atoms. The van der Waals surface area contributed by atoms with Crippen molar-refractivity contribution in [2.24, 2.45) is 0 Å². The van der Waals surface area contributed by atoms with E-state index in [1.165, 1.54) is 0 Å². The molecule has 0 amide bonds. The molecule has 0 fully saturated rings. The first kappa shape index (κ1) is 26.4. The predicted molar refractivity (Wildman–Crippen MR) is 156 cm³/mol. The van der Waals surface area contributed by atoms with Gasteiger partial charge in [-0.25, -0.2) is 9.97 Å². The van der Waals surface area contributed by atoms with Crippen LogP contribution in [0.5, 0.6) is 0 Å². The summed E-state index contributed by atoms with van der Waals surface area (Å²) in [5, 5.41) is 0. The number of H-pyrrole nitrogens is 2. The minimum absolute atomic E-state index is 0. The van der Waals surface area contributed by atoms with Crippen LogP contribution in [0.1, 0.15) is 22.8 Å². The van der Waals surface area contributed by atoms with E-state index in [1.54, 1.807) is 0 Å². The van der Waals surface area contributed by atoms with Crippen molar-refractivity contribution in [1.29, 1.82) is 0 Å². The Balaban J connectivity index is 0.000000224. The summed E-state index contributed by atoms with van der Waals surface area (Å²) in [6.45, 7) is 0. The quantitative estimate of drug-likeness (QED) is 0.0920. The van der Waals surface area contributed by atoms with Gasteiger partial charge < -0.3 is 9.97 Å². The molecule has 1 aromatic carbocycles. The van der Waals surface area contributed by atoms with Gasteiger partial charge in [-0.3, -0.25) is 0 Å². The molecule has 4 nitrogen and oxygen atoms in total. The van der Waals surface area contributed by atoms with E-state index in [2.05, 4.69) is 108 Å². The number of hydrogen-bond acceptors (Lipinski definition) is 2. The van der Waals surface area contributed by atoms with Crippen LogP contribution < -0.4 is 0 Å². The minimum Gasteiger partial charge on any atom is -0.355 e. The van der Waals surface area contributed by atoms with Crippen molar-refractivity contribution >= 4 is 110 Å². The van der Waals surface area contributed by atoms with E-state index in [4.69, 9.17) is 0 Å². The maximum atomic E-state index is 4.63. The van der Waals surface area contributed by atoms with Crippen molar-refractivity contribution in [2.45, 2.75) is 0 Å². The van der Waals surface area contributed by atoms with Crippen molar-refractivity contribution in [3.63, 3.8) is 0 Å². The Morgan fingerprint density at radius 2 is 0.743 bits per heavy atom. The SMILES string of the molecule is Brc1ccc(Br)c(Br)c1Br.C1=Cc2cc3ccc(cc4nc(cc5ccc(cc1n2)[nH]5)C=C4)[nH]3.[Zn]. The number of rotatable bonds is 0. The number of nitrogens with one attached hydrogen (secondary N) is 2. The van der Waals surface area contributed by atoms with Crippen molar-refractivity contribution in [1.82, 2.24) is 19.9 Å². The molecule has 2 aliphatic heterocycles. The van der Waals surface area contributed by atoms with Crippen LogP contribution in [0.4, 0.5) is 0 Å². The third-order valence-electron chi connectivity index (χ3n) is 5.03. The van der Waals surface area contributed by atoms with Gasteiger partial charge in [-0.05, 0) is 149 Å². The van der Waals surface area contributed by atoms with E-state index in [0.717, 1.165) is 62.7 Å². The summed E-state index contributed by atoms with van der Waals surface area (Å²) >= 11 is 13.6. The first-order chi connectivity index (χ1) is 16.4. The minimum atomic E-state index is 0. The molecular weight excluding hydrogens is 753 g/mol. The van der Waals surface area contributed by atoms with Crippen LogP contribution in [0.15, 0.2) is 78.6 Å². The van der Waals surface area contributed by atoms with E-state index < -0.39 is 0 Å². The molecular formula is C26H16Br4N4Zn. The van der Waals surface area contributed by atoms with Crippen LogP contribution in [0.25, 0.3) is 46.4 Å². The van der Waals surface area contributed by atoms with Crippen molar-refractivity contribution < 1.29 is 19.5 Å². The van der Waals surface area contributed by atoms with Crippen molar-refractivity contribution in [2.75, 3.05) is 0 Å². The molecule has 35 heavy (non-hydrogen) atoms. The summed E-state index contributed by atoms with van der Waals surface area (Å²) in [4.78, 5) is 16.0. The zero-order valence-corrected chi connectivity index (χ0v) is 27.5. The normalized spacial score (nSPS) is 11.5. The Kier molecular flexibility index (Phi) is 8.77. The molecule has 0 saturated carbocycles. The number of nitrogens with zero attached hydrogens (tertiary/aromatic N) is 2. The monoisotopic (exact) mass is 764 g/mol. The molecule has 2 aliphatic rings. The van der Waals surface area contributed by atoms with Crippen LogP contribution in [0.3, 0.4) is 0 Å². The number of benzene rings is 1. The zero-order chi connectivity index (χ0) is 23.7. The van der Waals surface area contributed by atoms with Gasteiger partial charge in [0.2, 0.25) is 0 Å². The van der Waals surface area contributed by atoms with E-state index in [0.29, 0.717) is 0 Å². The van der Waals surface area contributed by atoms with Crippen molar-refractivity contribution in [3.05, 3.63) is 101 Å². The average molecular weight is 769 g/mol. The third-order valence-corrected chi connectivity index (χ3v) is 9.60. The maximum Gasteiger partial charge on any atom is 0.0658 e. The number of halogens is 4. The van der Waals surface area contributed by atoms with Gasteiger partial charge in [0.05, 0.1) is 22.8 Å². The molecule has 6 rings (SSSR count). The van der Waals surface area contributed by atoms with Gasteiger partial charge in [0.1, 0.15) is 0 Å². The maximum absolute atomic E-state index is 4.63. The first-order valence-corrected chi connectivity index (χ1v) is 13.4. The molecule has 3 aromatic heterocycles. The molecule has 0 spiro atoms. The zero-order valence-electron chi connectivity index (χ0n) is 18.2. The average Bonchev–Trinajstić information content (AvgIpc) is 3.61. The fourth-order valence-electron chi connectivity index (χ4n) is 3.45. The molecule has 2 N–H and O–H groups in total. The molecule has 4 aromatic rings. The second kappa shape index (κ2) is 11.6. The molecule has 0 aliphatic carbocycles. The van der Waals surface area contributed by atoms with E-state index in [9.17, 15) is 0 Å². The Labute approximate surface area is 248 Å². The van der Waals surface area contributed by atoms with Crippen LogP contribution in [-0.4, -0.2) is 19.9 Å². The van der Waals surface area contributed by atoms with E-state index in [-0.39, 0.29) is 19.5 Å². The van der Waals surface area contributed by atoms with E-state index in [1.807, 2.05) is 60.7 Å². The van der Waals surface area contributed by atoms with E-state index >= 15 is 0 Å². The summed E-state index contributed by atoms with van der Waals surface area (Å²) in [5.74, 6) is 0. The molecule has 0 saturated heterocycles. The number of hydrogen-bond donors (Lipinski definition) is 2. The summed E-state index contributed by atoms with van der Waals surface area (Å²) < 4.78 is 4.15. The Morgan fingerprint density at radius 3 is 1.03 bits per heavy atom. The van der Waals surface area contributed by atoms with Gasteiger partial charge in [-0.1, -0.05) is 0 Å². The topological polar surface area (TPSA) is 57.4 Å². The van der Waals surface area contributed by atoms with Crippen LogP contribution in [0.2, 0.25) is 0 Å². The van der Waals surface area contributed by atoms with Gasteiger partial charge in [0, 0.05) is 59.4 Å². The smallest absolute Gasteiger partial charge is 0.0658 e. The molecule has 9 heteroatoms. The third kappa shape index (κ3) is 6.58. The standard InChI is InChI=1S/C20H14N4.C6H2Br4.Zn/c1-2-14-10-16-5-6-18(23-16)12-20-8-7-19(24-20)11-17-4-3-15(22-17)9-13(1)21-14;7-3-1-2-4(8)6(10)5(3)9;/h1-12,21,24H;1-2H;. The van der Waals surface area contributed by atoms with Gasteiger partial charge >= 0.3 is 0 Å².